The van der Waals surface area contributed by atoms with Gasteiger partial charge in [-0.1, -0.05) is 7.43 Å². The molecule has 17 rings (SSSR count). The van der Waals surface area contributed by atoms with Crippen molar-refractivity contribution in [2.45, 2.75) is 180 Å². The smallest absolute Gasteiger partial charge is 0.870 e. The molecule has 7 aromatic rings. The number of alkyl halides is 12. The molecule has 15 N–H and O–H groups in total. The van der Waals surface area contributed by atoms with Crippen molar-refractivity contribution in [3.8, 4) is 0 Å². The van der Waals surface area contributed by atoms with Crippen LogP contribution in [0.5, 0.6) is 0 Å². The number of ether oxygens (including phenoxy) is 2. The number of aryl methyl sites for hydroxylation is 4. The van der Waals surface area contributed by atoms with Crippen molar-refractivity contribution < 1.29 is 148 Å². The quantitative estimate of drug-likeness (QED) is 0.0457. The molecule has 8 aliphatic heterocycles. The molecule has 0 atom stereocenters. The number of anilines is 8. The number of pyridine rings is 4. The fourth-order valence-electron chi connectivity index (χ4n) is 16.7. The Kier molecular flexibility index (Phi) is 34.8. The summed E-state index contributed by atoms with van der Waals surface area (Å²) in [5, 5.41) is 20.0. The maximum atomic E-state index is 13.6. The number of halogens is 14. The van der Waals surface area contributed by atoms with Crippen molar-refractivity contribution in [2.75, 3.05) is 124 Å². The normalized spacial score (nSPS) is 18.4. The van der Waals surface area contributed by atoms with Crippen molar-refractivity contribution in [1.29, 1.82) is 0 Å². The van der Waals surface area contributed by atoms with Crippen LogP contribution in [-0.4, -0.2) is 231 Å². The summed E-state index contributed by atoms with van der Waals surface area (Å²) < 4.78 is 166. The number of aromatic nitrogens is 10. The maximum Gasteiger partial charge on any atom is 1.00 e. The molecule has 0 aromatic carbocycles. The first kappa shape index (κ1) is 108. The van der Waals surface area contributed by atoms with E-state index < -0.39 is 102 Å². The molecule has 15 heterocycles. The van der Waals surface area contributed by atoms with Crippen LogP contribution in [0.2, 0.25) is 0 Å². The Labute approximate surface area is 817 Å². The SMILES string of the molecule is C.Cc1c(N)ncnc1NC(=O)C1CC1.Cc1cc(Br)c(=O)[nH]c1C(N)=O.Cc1cc(Br)c(=O)n2c1C(=O)NC21CCN(CC(F)(F)F)CC1.Cc1cc(Nc2ncnc(N)c2C)c(=O)n2c1C(=O)NC21CCN(CC(F)(F)F)CC1.Cc1cc(Nc2ncnc(NC(=O)C3CC3)c2C)c(=O)n2c1C(=O)NC21CCN(CC(F)(F)F)CC1.FC(F)(F)CN1CCC2(CC1)OCCO2.[K+].[OH-]. The number of nitrogen functional groups attached to an aromatic ring is 2. The van der Waals surface area contributed by atoms with Crippen molar-refractivity contribution in [3.05, 3.63) is 155 Å². The van der Waals surface area contributed by atoms with Gasteiger partial charge in [-0.05, 0) is 153 Å². The Morgan fingerprint density at radius 3 is 1.09 bits per heavy atom. The Hall–Kier alpha value is -9.46. The third kappa shape index (κ3) is 25.9. The number of primary amides is 1. The molecule has 2 saturated carbocycles. The molecule has 0 radical (unpaired) electrons. The van der Waals surface area contributed by atoms with Gasteiger partial charge in [-0.2, -0.15) is 52.7 Å². The minimum atomic E-state index is -4.32. The zero-order chi connectivity index (χ0) is 95.7. The van der Waals surface area contributed by atoms with Crippen LogP contribution in [0.1, 0.15) is 165 Å². The molecule has 7 aromatic heterocycles. The predicted octanol–water partition coefficient (Wildman–Crippen LogP) is 6.12. The van der Waals surface area contributed by atoms with E-state index in [2.05, 4.69) is 104 Å². The molecule has 726 valence electrons. The first-order valence-corrected chi connectivity index (χ1v) is 43.1. The average molecular weight is 2060 g/mol. The average Bonchev–Trinajstić information content (AvgIpc) is 1.58. The van der Waals surface area contributed by atoms with Crippen LogP contribution in [0.25, 0.3) is 0 Å². The van der Waals surface area contributed by atoms with Gasteiger partial charge in [0.15, 0.2) is 5.79 Å². The maximum absolute atomic E-state index is 13.6. The Morgan fingerprint density at radius 1 is 0.448 bits per heavy atom. The van der Waals surface area contributed by atoms with Gasteiger partial charge in [0.25, 0.3) is 45.9 Å². The second-order valence-electron chi connectivity index (χ2n) is 33.6. The predicted molar refractivity (Wildman–Crippen MR) is 467 cm³/mol. The molecule has 37 nitrogen and oxygen atoms in total. The number of amides is 6. The molecule has 52 heteroatoms. The first-order chi connectivity index (χ1) is 61.3. The van der Waals surface area contributed by atoms with E-state index in [-0.39, 0.29) is 217 Å². The van der Waals surface area contributed by atoms with E-state index in [1.54, 1.807) is 72.7 Å². The molecule has 5 saturated heterocycles. The van der Waals surface area contributed by atoms with Gasteiger partial charge in [-0.25, -0.2) is 29.9 Å². The second-order valence-corrected chi connectivity index (χ2v) is 35.3. The van der Waals surface area contributed by atoms with E-state index in [0.29, 0.717) is 116 Å². The van der Waals surface area contributed by atoms with Gasteiger partial charge >= 0.3 is 76.1 Å². The number of carbonyl (C=O) groups is 6. The van der Waals surface area contributed by atoms with Crippen LogP contribution in [0, 0.1) is 60.3 Å². The van der Waals surface area contributed by atoms with Gasteiger partial charge in [-0.15, -0.1) is 0 Å². The topological polar surface area (TPSA) is 502 Å². The van der Waals surface area contributed by atoms with Crippen molar-refractivity contribution in [2.24, 2.45) is 17.6 Å². The number of carbonyl (C=O) groups excluding carboxylic acids is 6. The van der Waals surface area contributed by atoms with Gasteiger partial charge < -0.3 is 74.4 Å². The summed E-state index contributed by atoms with van der Waals surface area (Å²) >= 11 is 6.22. The summed E-state index contributed by atoms with van der Waals surface area (Å²) in [7, 11) is 0. The molecule has 7 fully saturated rings. The molecule has 0 unspecified atom stereocenters. The third-order valence-corrected chi connectivity index (χ3v) is 25.0. The first-order valence-electron chi connectivity index (χ1n) is 41.5. The van der Waals surface area contributed by atoms with E-state index in [1.165, 1.54) is 52.3 Å². The minimum absolute atomic E-state index is 0. The number of hydrogen-bond donors (Lipinski definition) is 11. The summed E-state index contributed by atoms with van der Waals surface area (Å²) in [5.74, 6) is -0.100. The van der Waals surface area contributed by atoms with Crippen LogP contribution in [0.4, 0.5) is 99.0 Å². The summed E-state index contributed by atoms with van der Waals surface area (Å²) in [6.45, 7) is 10.8. The molecule has 2 aliphatic carbocycles. The monoisotopic (exact) mass is 2050 g/mol. The second kappa shape index (κ2) is 43.1. The molecule has 10 aliphatic rings. The van der Waals surface area contributed by atoms with Gasteiger partial charge in [0, 0.05) is 132 Å². The van der Waals surface area contributed by atoms with Gasteiger partial charge in [0.1, 0.15) is 105 Å². The summed E-state index contributed by atoms with van der Waals surface area (Å²) in [5.41, 5.74) is 17.1. The fourth-order valence-corrected chi connectivity index (χ4v) is 17.6. The fraction of sp³-hybridized carbons (Fsp3) is 0.537. The van der Waals surface area contributed by atoms with Crippen LogP contribution in [0.15, 0.2) is 71.4 Å². The van der Waals surface area contributed by atoms with E-state index >= 15 is 0 Å². The number of hydrogen-bond acceptors (Lipinski definition) is 27. The zero-order valence-corrected chi connectivity index (χ0v) is 79.6. The number of rotatable bonds is 13. The molecule has 0 bridgehead atoms. The number of nitrogens with zero attached hydrogens (tertiary/aromatic N) is 13. The van der Waals surface area contributed by atoms with E-state index in [1.807, 2.05) is 0 Å². The summed E-state index contributed by atoms with van der Waals surface area (Å²) in [6, 6.07) is 6.25. The molecule has 134 heavy (non-hydrogen) atoms. The largest absolute Gasteiger partial charge is 1.00 e. The zero-order valence-electron chi connectivity index (χ0n) is 73.3. The van der Waals surface area contributed by atoms with Gasteiger partial charge in [0.05, 0.1) is 48.3 Å². The molecule has 4 spiro atoms. The Morgan fingerprint density at radius 2 is 0.746 bits per heavy atom. The van der Waals surface area contributed by atoms with E-state index in [4.69, 9.17) is 26.7 Å². The van der Waals surface area contributed by atoms with Crippen molar-refractivity contribution >= 4 is 114 Å². The molecular weight excluding hydrogens is 1960 g/mol. The number of nitrogens with two attached hydrogens (primary N) is 3. The number of aromatic amines is 1. The van der Waals surface area contributed by atoms with Crippen molar-refractivity contribution in [1.82, 2.24) is 84.1 Å². The van der Waals surface area contributed by atoms with Crippen LogP contribution in [-0.2, 0) is 36.1 Å². The summed E-state index contributed by atoms with van der Waals surface area (Å²) in [4.78, 5) is 154. The number of H-pyrrole nitrogens is 1. The minimum Gasteiger partial charge on any atom is -0.870 e. The third-order valence-electron chi connectivity index (χ3n) is 23.8. The van der Waals surface area contributed by atoms with Gasteiger partial charge in [-0.3, -0.25) is 81.2 Å². The molecular formula is C82H101Br2F12KN24O13. The van der Waals surface area contributed by atoms with E-state index in [9.17, 15) is 101 Å². The number of likely N-dealkylation sites (tertiary alicyclic amines) is 4. The van der Waals surface area contributed by atoms with E-state index in [0.717, 1.165) is 31.2 Å². The van der Waals surface area contributed by atoms with Crippen molar-refractivity contribution in [3.63, 3.8) is 0 Å². The van der Waals surface area contributed by atoms with Crippen LogP contribution in [0.3, 0.4) is 0 Å². The van der Waals surface area contributed by atoms with Crippen LogP contribution < -0.4 is 128 Å². The molecule has 6 amide bonds. The van der Waals surface area contributed by atoms with Crippen LogP contribution >= 0.6 is 31.9 Å². The number of fused-ring (bicyclic) bond motifs is 6. The summed E-state index contributed by atoms with van der Waals surface area (Å²) in [6.07, 6.45) is -7.17. The Balaban J connectivity index is 0.000000188. The standard InChI is InChI=1S/C23H26F3N7O3.C19H22F3N7O2.C14H15BrF3N3O2.C9H14F3NO2.C9H12N4O.C7H7BrN2O2.CH4.K.H2O/c1-12-9-15(29-17-13(2)18(28-11-27-17)30-19(34)14-3-4-14)21(36)33-16(12)20(35)31-22(33)5-7-32(8-6-22)10-23(24,25)26;1-10-7-12(26-15-11(2)14(23)24-9-25-15)17(31)29-13(10)16(30)27-18(29)3-5-28(6-4-18)8-19(20,21)22;1-8-6-9(15)12(23)21-10(8)11(22)19-13(21)2-4-20(5-3-13)7-14(16,17)18;10-9(11,12)7-13-3-1-8(2-4-13)14-5-6-15-8;1-5-7(10)11-4-12-8(5)13-9(14)6-2-3-6;1-3-2-4(8)7(12)10-5(3)6(9)11;;;/h9,11,14H,3-8,10H2,1-2H3,(H,31,35)(H2,27,28,29,30,34);7,9H,3-6,8H2,1-2H3,(H,27,30)(H3,23,24,25,26);6H,2-5,7H2,1H3,(H,19,22);1-7H2;4,6H,2-3H2,1H3,(H3,10,11,12,13,14);2H,1H3,(H2,9,11)(H,10,12);1H4;;1H2/q;;;;;;;+1;/p-1. The number of nitrogens with one attached hydrogen (secondary N) is 8. The Bertz CT molecular complexity index is 5800. The number of piperidine rings is 4. The van der Waals surface area contributed by atoms with Gasteiger partial charge in [0.2, 0.25) is 11.8 Å².